The van der Waals surface area contributed by atoms with E-state index in [0.29, 0.717) is 6.42 Å². The van der Waals surface area contributed by atoms with Crippen molar-refractivity contribution < 1.29 is 24.2 Å². The summed E-state index contributed by atoms with van der Waals surface area (Å²) in [4.78, 5) is 26.4. The van der Waals surface area contributed by atoms with Gasteiger partial charge in [-0.2, -0.15) is 0 Å². The highest BCUT2D eigenvalue weighted by Gasteiger charge is 2.27. The monoisotopic (exact) mass is 497 g/mol. The number of hydrogen-bond acceptors (Lipinski definition) is 6. The first kappa shape index (κ1) is 31.9. The number of methoxy groups -OCH3 is 1. The zero-order valence-electron chi connectivity index (χ0n) is 22.9. The van der Waals surface area contributed by atoms with Crippen molar-refractivity contribution in [2.45, 2.75) is 135 Å². The molecule has 1 fully saturated rings. The third-order valence-electron chi connectivity index (χ3n) is 7.35. The van der Waals surface area contributed by atoms with Gasteiger partial charge in [0.1, 0.15) is 6.10 Å². The lowest BCUT2D eigenvalue weighted by molar-refractivity contribution is -0.156. The molecule has 206 valence electrons. The number of aliphatic hydroxyl groups is 1. The summed E-state index contributed by atoms with van der Waals surface area (Å²) in [6, 6.07) is 0. The van der Waals surface area contributed by atoms with Gasteiger partial charge in [0.25, 0.3) is 0 Å². The molecular formula is C29H55NO5. The predicted molar refractivity (Wildman–Crippen MR) is 142 cm³/mol. The number of esters is 2. The van der Waals surface area contributed by atoms with Crippen LogP contribution in [0.15, 0.2) is 0 Å². The maximum absolute atomic E-state index is 12.9. The molecule has 1 saturated heterocycles. The van der Waals surface area contributed by atoms with Crippen LogP contribution in [0, 0.1) is 5.92 Å². The van der Waals surface area contributed by atoms with Crippen molar-refractivity contribution in [3.63, 3.8) is 0 Å². The number of nitrogens with zero attached hydrogens (tertiary/aromatic N) is 1. The van der Waals surface area contributed by atoms with E-state index >= 15 is 0 Å². The minimum atomic E-state index is -0.115. The van der Waals surface area contributed by atoms with Crippen molar-refractivity contribution in [2.24, 2.45) is 5.92 Å². The predicted octanol–water partition coefficient (Wildman–Crippen LogP) is 6.43. The van der Waals surface area contributed by atoms with Crippen LogP contribution in [0.1, 0.15) is 129 Å². The number of hydrogen-bond donors (Lipinski definition) is 1. The van der Waals surface area contributed by atoms with Gasteiger partial charge in [-0.15, -0.1) is 0 Å². The molecule has 0 amide bonds. The van der Waals surface area contributed by atoms with Gasteiger partial charge in [-0.1, -0.05) is 71.1 Å². The smallest absolute Gasteiger partial charge is 0.309 e. The van der Waals surface area contributed by atoms with Gasteiger partial charge in [0.05, 0.1) is 13.0 Å². The van der Waals surface area contributed by atoms with Gasteiger partial charge in [0.15, 0.2) is 0 Å². The maximum atomic E-state index is 12.9. The molecule has 0 aromatic rings. The third kappa shape index (κ3) is 17.0. The molecule has 1 rings (SSSR count). The van der Waals surface area contributed by atoms with Crippen LogP contribution in [0.2, 0.25) is 0 Å². The Morgan fingerprint density at radius 2 is 1.37 bits per heavy atom. The summed E-state index contributed by atoms with van der Waals surface area (Å²) in [5.74, 6) is -0.0647. The van der Waals surface area contributed by atoms with Gasteiger partial charge >= 0.3 is 11.9 Å². The number of aliphatic hydroxyl groups excluding tert-OH is 1. The summed E-state index contributed by atoms with van der Waals surface area (Å²) in [7, 11) is 1.44. The lowest BCUT2D eigenvalue weighted by Gasteiger charge is -2.31. The number of unbranched alkanes of at least 4 members (excludes halogenated alkanes) is 11. The van der Waals surface area contributed by atoms with Gasteiger partial charge in [-0.25, -0.2) is 0 Å². The summed E-state index contributed by atoms with van der Waals surface area (Å²) in [5, 5.41) is 9.03. The SMILES string of the molecule is CCCCCCCCCC(CCCCCCCCC(=O)OC)OC(=O)C1CCN(CCCO)CC1. The Balaban J connectivity index is 2.31. The number of carbonyl (C=O) groups excluding carboxylic acids is 2. The normalized spacial score (nSPS) is 15.7. The Morgan fingerprint density at radius 1 is 0.829 bits per heavy atom. The summed E-state index contributed by atoms with van der Waals surface area (Å²) >= 11 is 0. The molecule has 0 aromatic heterocycles. The number of ether oxygens (including phenoxy) is 2. The van der Waals surface area contributed by atoms with Gasteiger partial charge in [0.2, 0.25) is 0 Å². The molecule has 0 spiro atoms. The molecule has 0 saturated carbocycles. The summed E-state index contributed by atoms with van der Waals surface area (Å²) in [5.41, 5.74) is 0. The van der Waals surface area contributed by atoms with Crippen LogP contribution in [0.25, 0.3) is 0 Å². The van der Waals surface area contributed by atoms with Crippen molar-refractivity contribution >= 4 is 11.9 Å². The highest BCUT2D eigenvalue weighted by molar-refractivity contribution is 5.72. The Labute approximate surface area is 215 Å². The second kappa shape index (κ2) is 22.1. The molecule has 1 N–H and O–H groups in total. The van der Waals surface area contributed by atoms with Gasteiger partial charge in [-0.05, 0) is 64.5 Å². The molecule has 6 heteroatoms. The molecular weight excluding hydrogens is 442 g/mol. The Hall–Kier alpha value is -1.14. The lowest BCUT2D eigenvalue weighted by atomic mass is 9.96. The van der Waals surface area contributed by atoms with E-state index in [1.807, 2.05) is 0 Å². The Morgan fingerprint density at radius 3 is 1.91 bits per heavy atom. The fourth-order valence-electron chi connectivity index (χ4n) is 4.99. The average Bonchev–Trinajstić information content (AvgIpc) is 2.88. The topological polar surface area (TPSA) is 76.1 Å². The summed E-state index contributed by atoms with van der Waals surface area (Å²) in [6.45, 7) is 5.26. The van der Waals surface area contributed by atoms with Crippen molar-refractivity contribution in [1.29, 1.82) is 0 Å². The van der Waals surface area contributed by atoms with Crippen LogP contribution in [-0.2, 0) is 19.1 Å². The van der Waals surface area contributed by atoms with E-state index in [9.17, 15) is 9.59 Å². The number of carbonyl (C=O) groups is 2. The zero-order valence-corrected chi connectivity index (χ0v) is 22.9. The highest BCUT2D eigenvalue weighted by atomic mass is 16.5. The van der Waals surface area contributed by atoms with E-state index in [4.69, 9.17) is 14.6 Å². The van der Waals surface area contributed by atoms with Crippen LogP contribution >= 0.6 is 0 Å². The number of rotatable bonds is 22. The maximum Gasteiger partial charge on any atom is 0.309 e. The number of likely N-dealkylation sites (tertiary alicyclic amines) is 1. The van der Waals surface area contributed by atoms with Crippen LogP contribution in [0.5, 0.6) is 0 Å². The molecule has 0 aromatic carbocycles. The van der Waals surface area contributed by atoms with E-state index in [2.05, 4.69) is 11.8 Å². The van der Waals surface area contributed by atoms with Gasteiger partial charge in [-0.3, -0.25) is 9.59 Å². The summed E-state index contributed by atoms with van der Waals surface area (Å²) in [6.07, 6.45) is 20.6. The fraction of sp³-hybridized carbons (Fsp3) is 0.931. The molecule has 1 aliphatic rings. The van der Waals surface area contributed by atoms with E-state index in [-0.39, 0.29) is 30.6 Å². The quantitative estimate of drug-likeness (QED) is 0.137. The first-order valence-electron chi connectivity index (χ1n) is 14.7. The van der Waals surface area contributed by atoms with Crippen LogP contribution in [0.4, 0.5) is 0 Å². The van der Waals surface area contributed by atoms with Crippen LogP contribution in [-0.4, -0.2) is 61.4 Å². The molecule has 1 aliphatic heterocycles. The van der Waals surface area contributed by atoms with Crippen LogP contribution in [0.3, 0.4) is 0 Å². The third-order valence-corrected chi connectivity index (χ3v) is 7.35. The molecule has 0 aliphatic carbocycles. The molecule has 0 radical (unpaired) electrons. The number of piperidine rings is 1. The minimum absolute atomic E-state index is 0.0163. The van der Waals surface area contributed by atoms with E-state index in [1.165, 1.54) is 52.1 Å². The second-order valence-electron chi connectivity index (χ2n) is 10.4. The van der Waals surface area contributed by atoms with E-state index in [0.717, 1.165) is 90.3 Å². The molecule has 1 heterocycles. The zero-order chi connectivity index (χ0) is 25.6. The average molecular weight is 498 g/mol. The highest BCUT2D eigenvalue weighted by Crippen LogP contribution is 2.23. The Kier molecular flexibility index (Phi) is 20.1. The largest absolute Gasteiger partial charge is 0.469 e. The molecule has 1 unspecified atom stereocenters. The van der Waals surface area contributed by atoms with Gasteiger partial charge in [0, 0.05) is 19.6 Å². The fourth-order valence-corrected chi connectivity index (χ4v) is 4.99. The first-order chi connectivity index (χ1) is 17.1. The molecule has 0 bridgehead atoms. The first-order valence-corrected chi connectivity index (χ1v) is 14.7. The second-order valence-corrected chi connectivity index (χ2v) is 10.4. The van der Waals surface area contributed by atoms with Crippen molar-refractivity contribution in [1.82, 2.24) is 4.90 Å². The van der Waals surface area contributed by atoms with Crippen molar-refractivity contribution in [3.05, 3.63) is 0 Å². The standard InChI is InChI=1S/C29H55NO5/c1-3-4-5-6-7-10-13-17-27(18-14-11-8-9-12-15-19-28(32)34-2)35-29(33)26-20-23-30(24-21-26)22-16-25-31/h26-27,31H,3-25H2,1-2H3. The van der Waals surface area contributed by atoms with E-state index in [1.54, 1.807) is 0 Å². The molecule has 1 atom stereocenters. The van der Waals surface area contributed by atoms with Gasteiger partial charge < -0.3 is 19.5 Å². The minimum Gasteiger partial charge on any atom is -0.469 e. The van der Waals surface area contributed by atoms with Crippen molar-refractivity contribution in [2.75, 3.05) is 33.4 Å². The van der Waals surface area contributed by atoms with Crippen molar-refractivity contribution in [3.8, 4) is 0 Å². The summed E-state index contributed by atoms with van der Waals surface area (Å²) < 4.78 is 10.8. The van der Waals surface area contributed by atoms with Crippen LogP contribution < -0.4 is 0 Å². The van der Waals surface area contributed by atoms with E-state index < -0.39 is 0 Å². The Bertz CT molecular complexity index is 519. The lowest BCUT2D eigenvalue weighted by Crippen LogP contribution is -2.38. The molecule has 6 nitrogen and oxygen atoms in total. The molecule has 35 heavy (non-hydrogen) atoms.